The van der Waals surface area contributed by atoms with Crippen LogP contribution in [0.2, 0.25) is 0 Å². The van der Waals surface area contributed by atoms with Crippen LogP contribution in [0.3, 0.4) is 0 Å². The van der Waals surface area contributed by atoms with Crippen LogP contribution in [0.4, 0.5) is 0 Å². The van der Waals surface area contributed by atoms with E-state index in [1.54, 1.807) is 11.8 Å². The van der Waals surface area contributed by atoms with Crippen molar-refractivity contribution < 1.29 is 0 Å². The average Bonchev–Trinajstić information content (AvgIpc) is 3.57. The largest absolute Gasteiger partial charge is 0.309 e. The maximum Gasteiger partial charge on any atom is 0.235 e. The van der Waals surface area contributed by atoms with E-state index < -0.39 is 0 Å². The lowest BCUT2D eigenvalue weighted by Gasteiger charge is -2.19. The van der Waals surface area contributed by atoms with Crippen LogP contribution in [0.1, 0.15) is 0 Å². The van der Waals surface area contributed by atoms with Crippen molar-refractivity contribution >= 4 is 55.4 Å². The first kappa shape index (κ1) is 21.1. The van der Waals surface area contributed by atoms with Crippen LogP contribution in [0.25, 0.3) is 66.5 Å². The lowest BCUT2D eigenvalue weighted by Crippen LogP contribution is -2.05. The maximum absolute atomic E-state index is 5.20. The molecule has 39 heavy (non-hydrogen) atoms. The van der Waals surface area contributed by atoms with Crippen LogP contribution in [0.5, 0.6) is 0 Å². The van der Waals surface area contributed by atoms with Crippen LogP contribution < -0.4 is 0 Å². The molecule has 8 aromatic rings. The van der Waals surface area contributed by atoms with Crippen LogP contribution in [-0.2, 0) is 0 Å². The third-order valence-corrected chi connectivity index (χ3v) is 8.90. The highest BCUT2D eigenvalue weighted by molar-refractivity contribution is 7.99. The van der Waals surface area contributed by atoms with Gasteiger partial charge in [-0.3, -0.25) is 4.57 Å². The van der Waals surface area contributed by atoms with Gasteiger partial charge in [0.1, 0.15) is 0 Å². The molecule has 3 aromatic heterocycles. The molecule has 5 heteroatoms. The molecule has 0 atom stereocenters. The van der Waals surface area contributed by atoms with E-state index in [0.29, 0.717) is 5.95 Å². The van der Waals surface area contributed by atoms with Crippen molar-refractivity contribution in [1.29, 1.82) is 0 Å². The van der Waals surface area contributed by atoms with Gasteiger partial charge in [-0.2, -0.15) is 0 Å². The van der Waals surface area contributed by atoms with Crippen molar-refractivity contribution in [3.63, 3.8) is 0 Å². The number of benzene rings is 5. The monoisotopic (exact) mass is 516 g/mol. The van der Waals surface area contributed by atoms with Gasteiger partial charge in [0.15, 0.2) is 0 Å². The summed E-state index contributed by atoms with van der Waals surface area (Å²) in [6.45, 7) is 0. The molecule has 4 nitrogen and oxygen atoms in total. The Hall–Kier alpha value is -4.87. The van der Waals surface area contributed by atoms with Gasteiger partial charge in [-0.05, 0) is 48.5 Å². The fourth-order valence-electron chi connectivity index (χ4n) is 6.09. The Labute approximate surface area is 228 Å². The number of aromatic nitrogens is 4. The molecule has 4 heterocycles. The summed E-state index contributed by atoms with van der Waals surface area (Å²) in [5, 5.41) is 4.80. The van der Waals surface area contributed by atoms with Crippen molar-refractivity contribution in [1.82, 2.24) is 19.1 Å². The van der Waals surface area contributed by atoms with Gasteiger partial charge in [-0.1, -0.05) is 78.5 Å². The van der Waals surface area contributed by atoms with Gasteiger partial charge in [0.2, 0.25) is 5.95 Å². The van der Waals surface area contributed by atoms with E-state index in [1.165, 1.54) is 37.0 Å². The summed E-state index contributed by atoms with van der Waals surface area (Å²) in [7, 11) is 0. The predicted octanol–water partition coefficient (Wildman–Crippen LogP) is 8.80. The number of rotatable bonds is 2. The Kier molecular flexibility index (Phi) is 4.23. The van der Waals surface area contributed by atoms with E-state index in [2.05, 4.69) is 131 Å². The minimum Gasteiger partial charge on any atom is -0.309 e. The first-order valence-electron chi connectivity index (χ1n) is 13.0. The van der Waals surface area contributed by atoms with Gasteiger partial charge < -0.3 is 4.57 Å². The highest BCUT2D eigenvalue weighted by atomic mass is 32.2. The van der Waals surface area contributed by atoms with Crippen molar-refractivity contribution in [3.05, 3.63) is 121 Å². The topological polar surface area (TPSA) is 35.6 Å². The zero-order chi connectivity index (χ0) is 25.5. The van der Waals surface area contributed by atoms with E-state index in [0.717, 1.165) is 33.4 Å². The number of para-hydroxylation sites is 2. The Morgan fingerprint density at radius 1 is 0.564 bits per heavy atom. The average molecular weight is 517 g/mol. The second-order valence-electron chi connectivity index (χ2n) is 9.89. The van der Waals surface area contributed by atoms with Crippen molar-refractivity contribution in [2.45, 2.75) is 9.79 Å². The van der Waals surface area contributed by atoms with Gasteiger partial charge in [-0.25, -0.2) is 9.97 Å². The van der Waals surface area contributed by atoms with E-state index >= 15 is 0 Å². The first-order chi connectivity index (χ1) is 19.3. The third kappa shape index (κ3) is 2.90. The molecule has 182 valence electrons. The van der Waals surface area contributed by atoms with Gasteiger partial charge in [0.25, 0.3) is 0 Å². The molecule has 0 N–H and O–H groups in total. The molecule has 0 unspecified atom stereocenters. The minimum absolute atomic E-state index is 0.688. The van der Waals surface area contributed by atoms with Gasteiger partial charge in [-0.15, -0.1) is 0 Å². The Morgan fingerprint density at radius 3 is 2.33 bits per heavy atom. The molecule has 0 aliphatic carbocycles. The van der Waals surface area contributed by atoms with Crippen LogP contribution in [-0.4, -0.2) is 19.1 Å². The second-order valence-corrected chi connectivity index (χ2v) is 11.0. The Balaban J connectivity index is 1.36. The minimum atomic E-state index is 0.688. The predicted molar refractivity (Wildman–Crippen MR) is 160 cm³/mol. The summed E-state index contributed by atoms with van der Waals surface area (Å²) in [6.07, 6.45) is 2.11. The molecule has 9 rings (SSSR count). The van der Waals surface area contributed by atoms with Gasteiger partial charge in [0, 0.05) is 48.8 Å². The molecule has 0 fully saturated rings. The molecule has 1 aliphatic heterocycles. The third-order valence-electron chi connectivity index (χ3n) is 7.77. The fraction of sp³-hybridized carbons (Fsp3) is 0. The summed E-state index contributed by atoms with van der Waals surface area (Å²) in [5.41, 5.74) is 7.77. The quantitative estimate of drug-likeness (QED) is 0.230. The maximum atomic E-state index is 5.20. The van der Waals surface area contributed by atoms with Gasteiger partial charge in [0.05, 0.1) is 27.8 Å². The molecule has 0 bridgehead atoms. The molecule has 0 radical (unpaired) electrons. The second kappa shape index (κ2) is 7.82. The molecular formula is C34H20N4S. The highest BCUT2D eigenvalue weighted by Crippen LogP contribution is 2.47. The summed E-state index contributed by atoms with van der Waals surface area (Å²) in [5.74, 6) is 0.688. The highest BCUT2D eigenvalue weighted by Gasteiger charge is 2.23. The smallest absolute Gasteiger partial charge is 0.235 e. The van der Waals surface area contributed by atoms with Crippen molar-refractivity contribution in [2.75, 3.05) is 0 Å². The number of nitrogens with zero attached hydrogens (tertiary/aromatic N) is 4. The van der Waals surface area contributed by atoms with E-state index in [9.17, 15) is 0 Å². The lowest BCUT2D eigenvalue weighted by molar-refractivity contribution is 0.980. The SMILES string of the molecule is c1ccc(-n2c3ccccc3c3ccc4c(ccn4-c4nc5c6c(cccc6n4)Sc4ccccc4-5)c32)cc1. The lowest BCUT2D eigenvalue weighted by atomic mass is 10.1. The van der Waals surface area contributed by atoms with Crippen molar-refractivity contribution in [2.24, 2.45) is 0 Å². The molecule has 1 aliphatic rings. The molecule has 0 spiro atoms. The number of hydrogen-bond donors (Lipinski definition) is 0. The summed E-state index contributed by atoms with van der Waals surface area (Å²) in [6, 6.07) is 40.8. The van der Waals surface area contributed by atoms with Crippen molar-refractivity contribution in [3.8, 4) is 22.9 Å². The van der Waals surface area contributed by atoms with E-state index in [4.69, 9.17) is 9.97 Å². The Bertz CT molecular complexity index is 2260. The molecule has 0 amide bonds. The first-order valence-corrected chi connectivity index (χ1v) is 13.8. The fourth-order valence-corrected chi connectivity index (χ4v) is 7.20. The normalized spacial score (nSPS) is 12.5. The van der Waals surface area contributed by atoms with Crippen LogP contribution in [0, 0.1) is 0 Å². The molecule has 5 aromatic carbocycles. The number of hydrogen-bond acceptors (Lipinski definition) is 3. The van der Waals surface area contributed by atoms with E-state index in [1.807, 2.05) is 0 Å². The number of fused-ring (bicyclic) bond motifs is 7. The zero-order valence-corrected chi connectivity index (χ0v) is 21.6. The molecular weight excluding hydrogens is 496 g/mol. The summed E-state index contributed by atoms with van der Waals surface area (Å²) >= 11 is 1.79. The van der Waals surface area contributed by atoms with Crippen LogP contribution >= 0.6 is 11.8 Å². The molecule has 0 saturated heterocycles. The summed E-state index contributed by atoms with van der Waals surface area (Å²) < 4.78 is 4.51. The Morgan fingerprint density at radius 2 is 1.38 bits per heavy atom. The molecule has 0 saturated carbocycles. The van der Waals surface area contributed by atoms with Gasteiger partial charge >= 0.3 is 0 Å². The standard InChI is InChI=1S/C34H20N4S/c1-2-9-21(10-3-1)38-28-14-6-4-11-22(28)23-17-18-27-24(33(23)38)19-20-37(27)34-35-26-13-8-16-30-31(26)32(36-34)25-12-5-7-15-29(25)39-30/h1-20H. The van der Waals surface area contributed by atoms with E-state index in [-0.39, 0.29) is 0 Å². The van der Waals surface area contributed by atoms with Crippen LogP contribution in [0.15, 0.2) is 131 Å². The summed E-state index contributed by atoms with van der Waals surface area (Å²) in [4.78, 5) is 12.7. The zero-order valence-electron chi connectivity index (χ0n) is 20.7.